The number of benzene rings is 6. The van der Waals surface area contributed by atoms with Crippen molar-refractivity contribution >= 4 is 89.8 Å². The first-order valence-corrected chi connectivity index (χ1v) is 18.0. The van der Waals surface area contributed by atoms with E-state index in [0.29, 0.717) is 0 Å². The summed E-state index contributed by atoms with van der Waals surface area (Å²) in [5.41, 5.74) is 24.4. The van der Waals surface area contributed by atoms with Gasteiger partial charge in [0.15, 0.2) is 0 Å². The second kappa shape index (κ2) is 8.67. The van der Waals surface area contributed by atoms with Gasteiger partial charge < -0.3 is 9.13 Å². The number of fused-ring (bicyclic) bond motifs is 14. The van der Waals surface area contributed by atoms with Gasteiger partial charge in [0.25, 0.3) is 0 Å². The van der Waals surface area contributed by atoms with Crippen LogP contribution >= 0.6 is 0 Å². The Hall–Kier alpha value is -5.80. The van der Waals surface area contributed by atoms with E-state index in [0.717, 1.165) is 12.8 Å². The van der Waals surface area contributed by atoms with Crippen LogP contribution in [0.3, 0.4) is 0 Å². The van der Waals surface area contributed by atoms with E-state index in [-0.39, 0.29) is 13.4 Å². The van der Waals surface area contributed by atoms with E-state index in [1.807, 2.05) is 0 Å². The maximum absolute atomic E-state index is 5.73. The molecule has 7 heterocycles. The minimum atomic E-state index is 0.146. The molecule has 4 aliphatic heterocycles. The first-order chi connectivity index (χ1) is 24.6. The smallest absolute Gasteiger partial charge is 0.249 e. The van der Waals surface area contributed by atoms with E-state index < -0.39 is 0 Å². The molecule has 3 nitrogen and oxygen atoms in total. The van der Waals surface area contributed by atoms with Gasteiger partial charge in [-0.2, -0.15) is 0 Å². The first-order valence-electron chi connectivity index (χ1n) is 18.0. The van der Waals surface area contributed by atoms with Gasteiger partial charge in [0, 0.05) is 68.2 Å². The number of rotatable bonds is 0. The van der Waals surface area contributed by atoms with Gasteiger partial charge in [0.05, 0.1) is 11.0 Å². The minimum Gasteiger partial charge on any atom is -0.310 e. The Morgan fingerprint density at radius 1 is 0.480 bits per heavy atom. The third-order valence-electron chi connectivity index (χ3n) is 12.5. The summed E-state index contributed by atoms with van der Waals surface area (Å²) in [6.07, 6.45) is 1.74. The van der Waals surface area contributed by atoms with E-state index in [9.17, 15) is 0 Å². The third-order valence-corrected chi connectivity index (χ3v) is 12.5. The molecule has 9 aromatic rings. The summed E-state index contributed by atoms with van der Waals surface area (Å²) in [5, 5.41) is 5.33. The Balaban J connectivity index is 1.14. The monoisotopic (exact) mass is 633 g/mol. The topological polar surface area (TPSA) is 22.8 Å². The van der Waals surface area contributed by atoms with Crippen LogP contribution in [0.4, 0.5) is 0 Å². The zero-order valence-electron chi connectivity index (χ0n) is 27.9. The molecule has 0 aliphatic carbocycles. The number of hydrogen-bond donors (Lipinski definition) is 0. The Morgan fingerprint density at radius 2 is 0.940 bits per heavy atom. The van der Waals surface area contributed by atoms with Crippen molar-refractivity contribution in [3.8, 4) is 11.4 Å². The molecule has 0 spiro atoms. The van der Waals surface area contributed by atoms with E-state index in [2.05, 4.69) is 138 Å². The van der Waals surface area contributed by atoms with E-state index in [1.165, 1.54) is 121 Å². The lowest BCUT2D eigenvalue weighted by Crippen LogP contribution is -2.65. The van der Waals surface area contributed by atoms with Gasteiger partial charge in [-0.1, -0.05) is 91.0 Å². The van der Waals surface area contributed by atoms with Crippen molar-refractivity contribution in [1.29, 1.82) is 0 Å². The van der Waals surface area contributed by atoms with Gasteiger partial charge >= 0.3 is 0 Å². The number of pyridine rings is 1. The second-order valence-electron chi connectivity index (χ2n) is 15.2. The standard InChI is InChI=1S/C45H29B2N3/c1-24-17-26-21-36-34(46-32-13-7-11-30-28-9-3-5-15-38(28)49(44(30)32)40(19-24)42(26)46)23-35-37(48-36)22-27-18-25(2)20-41-43(27)47(35)33-14-8-12-31-29-10-4-6-16-39(29)50(41)45(31)33/h3-20,23H,21-22H2,1-2H3. The number of hydrogen-bond acceptors (Lipinski definition) is 1. The molecule has 50 heavy (non-hydrogen) atoms. The predicted molar refractivity (Wildman–Crippen MR) is 210 cm³/mol. The maximum atomic E-state index is 5.73. The van der Waals surface area contributed by atoms with E-state index >= 15 is 0 Å². The van der Waals surface area contributed by atoms with Crippen LogP contribution in [0, 0.1) is 13.8 Å². The Bertz CT molecular complexity index is 2880. The molecule has 4 aliphatic rings. The third kappa shape index (κ3) is 2.94. The maximum Gasteiger partial charge on any atom is 0.249 e. The Labute approximate surface area is 290 Å². The fourth-order valence-corrected chi connectivity index (χ4v) is 10.8. The average Bonchev–Trinajstić information content (AvgIpc) is 3.65. The van der Waals surface area contributed by atoms with Crippen LogP contribution in [0.1, 0.15) is 33.6 Å². The zero-order chi connectivity index (χ0) is 32.6. The van der Waals surface area contributed by atoms with Gasteiger partial charge in [-0.3, -0.25) is 4.98 Å². The predicted octanol–water partition coefficient (Wildman–Crippen LogP) is 5.36. The fraction of sp³-hybridized carbons (Fsp3) is 0.0889. The summed E-state index contributed by atoms with van der Waals surface area (Å²) >= 11 is 0. The van der Waals surface area contributed by atoms with Gasteiger partial charge in [0.2, 0.25) is 13.4 Å². The van der Waals surface area contributed by atoms with Crippen molar-refractivity contribution in [3.63, 3.8) is 0 Å². The van der Waals surface area contributed by atoms with Crippen molar-refractivity contribution in [2.24, 2.45) is 0 Å². The SMILES string of the molecule is Cc1cc2c3c(c1)-n1c4ccccc4c4cccc(c41)B3c1cc3c(nc1C2)Cc1cc(C)cc2c1B3c1cccc3c4ccccc4n-2c13. The van der Waals surface area contributed by atoms with Crippen molar-refractivity contribution < 1.29 is 0 Å². The van der Waals surface area contributed by atoms with Gasteiger partial charge in [0.1, 0.15) is 0 Å². The van der Waals surface area contributed by atoms with E-state index in [1.54, 1.807) is 0 Å². The largest absolute Gasteiger partial charge is 0.310 e. The summed E-state index contributed by atoms with van der Waals surface area (Å²) in [6.45, 7) is 4.80. The van der Waals surface area contributed by atoms with E-state index in [4.69, 9.17) is 4.98 Å². The van der Waals surface area contributed by atoms with Crippen LogP contribution in [0.25, 0.3) is 55.0 Å². The molecule has 3 aromatic heterocycles. The molecular formula is C45H29B2N3. The van der Waals surface area contributed by atoms with Crippen molar-refractivity contribution in [2.75, 3.05) is 0 Å². The summed E-state index contributed by atoms with van der Waals surface area (Å²) in [7, 11) is 0. The number of aryl methyl sites for hydroxylation is 2. The normalized spacial score (nSPS) is 14.4. The second-order valence-corrected chi connectivity index (χ2v) is 15.2. The molecule has 0 saturated carbocycles. The molecule has 0 atom stereocenters. The summed E-state index contributed by atoms with van der Waals surface area (Å²) in [6, 6.07) is 44.2. The summed E-state index contributed by atoms with van der Waals surface area (Å²) in [4.78, 5) is 5.73. The van der Waals surface area contributed by atoms with Gasteiger partial charge in [-0.25, -0.2) is 0 Å². The quantitative estimate of drug-likeness (QED) is 0.207. The van der Waals surface area contributed by atoms with Crippen LogP contribution in [0.5, 0.6) is 0 Å². The molecular weight excluding hydrogens is 604 g/mol. The van der Waals surface area contributed by atoms with Crippen LogP contribution in [0.2, 0.25) is 0 Å². The Morgan fingerprint density at radius 3 is 1.44 bits per heavy atom. The lowest BCUT2D eigenvalue weighted by Gasteiger charge is -2.37. The Kier molecular flexibility index (Phi) is 4.53. The van der Waals surface area contributed by atoms with Crippen LogP contribution in [-0.2, 0) is 12.8 Å². The molecule has 0 saturated heterocycles. The molecule has 0 N–H and O–H groups in total. The summed E-state index contributed by atoms with van der Waals surface area (Å²) in [5.74, 6) is 0. The highest BCUT2D eigenvalue weighted by Gasteiger charge is 2.44. The molecule has 0 unspecified atom stereocenters. The molecule has 13 rings (SSSR count). The van der Waals surface area contributed by atoms with Crippen molar-refractivity contribution in [2.45, 2.75) is 26.7 Å². The summed E-state index contributed by atoms with van der Waals surface area (Å²) < 4.78 is 5.12. The molecule has 0 fully saturated rings. The molecule has 230 valence electrons. The van der Waals surface area contributed by atoms with Gasteiger partial charge in [-0.15, -0.1) is 0 Å². The van der Waals surface area contributed by atoms with Crippen LogP contribution in [0.15, 0.2) is 115 Å². The zero-order valence-corrected chi connectivity index (χ0v) is 27.9. The lowest BCUT2D eigenvalue weighted by molar-refractivity contribution is 0.999. The highest BCUT2D eigenvalue weighted by atomic mass is 15.0. The number of para-hydroxylation sites is 4. The molecule has 0 radical (unpaired) electrons. The minimum absolute atomic E-state index is 0.146. The highest BCUT2D eigenvalue weighted by Crippen LogP contribution is 2.37. The number of aromatic nitrogens is 3. The molecule has 5 heteroatoms. The number of nitrogens with zero attached hydrogens (tertiary/aromatic N) is 3. The molecule has 6 aromatic carbocycles. The average molecular weight is 633 g/mol. The van der Waals surface area contributed by atoms with Gasteiger partial charge in [-0.05, 0) is 93.1 Å². The van der Waals surface area contributed by atoms with Crippen molar-refractivity contribution in [3.05, 3.63) is 149 Å². The van der Waals surface area contributed by atoms with Crippen molar-refractivity contribution in [1.82, 2.24) is 14.1 Å². The van der Waals surface area contributed by atoms with Crippen LogP contribution < -0.4 is 32.8 Å². The first kappa shape index (κ1) is 26.1. The highest BCUT2D eigenvalue weighted by molar-refractivity contribution is 7.01. The molecule has 0 bridgehead atoms. The molecule has 0 amide bonds. The fourth-order valence-electron chi connectivity index (χ4n) is 10.8. The van der Waals surface area contributed by atoms with Crippen LogP contribution in [-0.4, -0.2) is 27.5 Å². The lowest BCUT2D eigenvalue weighted by atomic mass is 9.29.